The van der Waals surface area contributed by atoms with Crippen LogP contribution in [0.1, 0.15) is 17.3 Å². The zero-order valence-electron chi connectivity index (χ0n) is 9.51. The number of sulfone groups is 1. The van der Waals surface area contributed by atoms with E-state index in [1.807, 2.05) is 0 Å². The van der Waals surface area contributed by atoms with E-state index in [0.29, 0.717) is 5.56 Å². The molecule has 1 amide bonds. The highest BCUT2D eigenvalue weighted by Crippen LogP contribution is 2.10. The summed E-state index contributed by atoms with van der Waals surface area (Å²) in [6.45, 7) is 1.64. The van der Waals surface area contributed by atoms with Gasteiger partial charge in [-0.15, -0.1) is 0 Å². The predicted molar refractivity (Wildman–Crippen MR) is 64.8 cm³/mol. The van der Waals surface area contributed by atoms with Crippen molar-refractivity contribution in [2.45, 2.75) is 6.92 Å². The van der Waals surface area contributed by atoms with Crippen LogP contribution in [0.3, 0.4) is 0 Å². The maximum atomic E-state index is 11.6. The van der Waals surface area contributed by atoms with Gasteiger partial charge in [-0.05, 0) is 18.2 Å². The van der Waals surface area contributed by atoms with Gasteiger partial charge >= 0.3 is 0 Å². The van der Waals surface area contributed by atoms with Gasteiger partial charge in [0.05, 0.1) is 5.75 Å². The third-order valence-electron chi connectivity index (χ3n) is 2.25. The predicted octanol–water partition coefficient (Wildman–Crippen LogP) is 0.557. The van der Waals surface area contributed by atoms with E-state index >= 15 is 0 Å². The van der Waals surface area contributed by atoms with Crippen LogP contribution in [0.5, 0.6) is 5.75 Å². The van der Waals surface area contributed by atoms with Crippen molar-refractivity contribution >= 4 is 15.7 Å². The highest BCUT2D eigenvalue weighted by Gasteiger charge is 2.09. The van der Waals surface area contributed by atoms with Crippen LogP contribution in [-0.2, 0) is 9.84 Å². The monoisotopic (exact) mass is 257 g/mol. The summed E-state index contributed by atoms with van der Waals surface area (Å²) in [5.41, 5.74) is 0.305. The Balaban J connectivity index is 2.51. The van der Waals surface area contributed by atoms with E-state index < -0.39 is 15.7 Å². The van der Waals surface area contributed by atoms with Crippen molar-refractivity contribution in [1.29, 1.82) is 0 Å². The van der Waals surface area contributed by atoms with Gasteiger partial charge in [0.1, 0.15) is 5.75 Å². The minimum atomic E-state index is -3.07. The number of carbonyl (C=O) groups is 1. The molecule has 0 aromatic heterocycles. The molecule has 0 unspecified atom stereocenters. The van der Waals surface area contributed by atoms with Gasteiger partial charge in [-0.3, -0.25) is 4.79 Å². The van der Waals surface area contributed by atoms with E-state index in [4.69, 9.17) is 0 Å². The lowest BCUT2D eigenvalue weighted by atomic mass is 10.2. The van der Waals surface area contributed by atoms with E-state index in [0.717, 1.165) is 0 Å². The van der Waals surface area contributed by atoms with E-state index in [1.165, 1.54) is 12.1 Å². The first kappa shape index (κ1) is 13.5. The van der Waals surface area contributed by atoms with Crippen molar-refractivity contribution in [3.63, 3.8) is 0 Å². The van der Waals surface area contributed by atoms with E-state index in [2.05, 4.69) is 5.32 Å². The van der Waals surface area contributed by atoms with Crippen LogP contribution in [0.4, 0.5) is 0 Å². The topological polar surface area (TPSA) is 83.5 Å². The molecule has 0 aliphatic heterocycles. The van der Waals surface area contributed by atoms with Gasteiger partial charge in [0.15, 0.2) is 9.84 Å². The Morgan fingerprint density at radius 2 is 2.12 bits per heavy atom. The lowest BCUT2D eigenvalue weighted by Crippen LogP contribution is -2.29. The van der Waals surface area contributed by atoms with Gasteiger partial charge in [-0.2, -0.15) is 0 Å². The highest BCUT2D eigenvalue weighted by molar-refractivity contribution is 7.91. The van der Waals surface area contributed by atoms with Crippen LogP contribution in [0, 0.1) is 0 Å². The van der Waals surface area contributed by atoms with Crippen LogP contribution >= 0.6 is 0 Å². The Morgan fingerprint density at radius 3 is 2.71 bits per heavy atom. The number of phenols is 1. The molecule has 17 heavy (non-hydrogen) atoms. The number of benzene rings is 1. The first-order valence-corrected chi connectivity index (χ1v) is 7.04. The molecule has 6 heteroatoms. The fourth-order valence-corrected chi connectivity index (χ4v) is 1.92. The van der Waals surface area contributed by atoms with Gasteiger partial charge < -0.3 is 10.4 Å². The van der Waals surface area contributed by atoms with Crippen LogP contribution in [0.25, 0.3) is 0 Å². The molecule has 5 nitrogen and oxygen atoms in total. The number of amides is 1. The third-order valence-corrected chi connectivity index (χ3v) is 3.95. The van der Waals surface area contributed by atoms with E-state index in [-0.39, 0.29) is 23.8 Å². The zero-order chi connectivity index (χ0) is 12.9. The Kier molecular flexibility index (Phi) is 4.51. The average Bonchev–Trinajstić information content (AvgIpc) is 2.28. The first-order chi connectivity index (χ1) is 7.94. The molecule has 0 saturated heterocycles. The fraction of sp³-hybridized carbons (Fsp3) is 0.364. The van der Waals surface area contributed by atoms with Gasteiger partial charge in [0.25, 0.3) is 5.91 Å². The number of rotatable bonds is 5. The minimum Gasteiger partial charge on any atom is -0.508 e. The number of hydrogen-bond donors (Lipinski definition) is 2. The summed E-state index contributed by atoms with van der Waals surface area (Å²) in [5, 5.41) is 11.7. The summed E-state index contributed by atoms with van der Waals surface area (Å²) in [5.74, 6) is -0.408. The SMILES string of the molecule is CCS(=O)(=O)CCNC(=O)c1cccc(O)c1. The molecule has 1 rings (SSSR count). The first-order valence-electron chi connectivity index (χ1n) is 5.22. The van der Waals surface area contributed by atoms with Gasteiger partial charge in [-0.1, -0.05) is 13.0 Å². The standard InChI is InChI=1S/C11H15NO4S/c1-2-17(15,16)7-6-12-11(14)9-4-3-5-10(13)8-9/h3-5,8,13H,2,6-7H2,1H3,(H,12,14). The maximum Gasteiger partial charge on any atom is 0.251 e. The average molecular weight is 257 g/mol. The summed E-state index contributed by atoms with van der Waals surface area (Å²) < 4.78 is 22.4. The normalized spacial score (nSPS) is 11.1. The largest absolute Gasteiger partial charge is 0.508 e. The Morgan fingerprint density at radius 1 is 1.41 bits per heavy atom. The van der Waals surface area contributed by atoms with Crippen molar-refractivity contribution in [2.75, 3.05) is 18.1 Å². The van der Waals surface area contributed by atoms with E-state index in [1.54, 1.807) is 19.1 Å². The molecule has 1 aromatic rings. The zero-order valence-corrected chi connectivity index (χ0v) is 10.3. The van der Waals surface area contributed by atoms with Crippen LogP contribution in [0.15, 0.2) is 24.3 Å². The summed E-state index contributed by atoms with van der Waals surface area (Å²) in [7, 11) is -3.07. The molecule has 0 saturated carbocycles. The summed E-state index contributed by atoms with van der Waals surface area (Å²) in [4.78, 5) is 11.6. The highest BCUT2D eigenvalue weighted by atomic mass is 32.2. The lowest BCUT2D eigenvalue weighted by Gasteiger charge is -2.05. The maximum absolute atomic E-state index is 11.6. The molecule has 0 aliphatic rings. The van der Waals surface area contributed by atoms with Crippen molar-refractivity contribution in [1.82, 2.24) is 5.32 Å². The van der Waals surface area contributed by atoms with Crippen molar-refractivity contribution in [3.8, 4) is 5.75 Å². The Bertz CT molecular complexity index is 496. The molecular weight excluding hydrogens is 242 g/mol. The second kappa shape index (κ2) is 5.67. The summed E-state index contributed by atoms with van der Waals surface area (Å²) in [6, 6.07) is 5.87. The lowest BCUT2D eigenvalue weighted by molar-refractivity contribution is 0.0955. The van der Waals surface area contributed by atoms with Gasteiger partial charge in [-0.25, -0.2) is 8.42 Å². The quantitative estimate of drug-likeness (QED) is 0.807. The van der Waals surface area contributed by atoms with Crippen molar-refractivity contribution in [2.24, 2.45) is 0 Å². The minimum absolute atomic E-state index is 0.00108. The molecule has 0 heterocycles. The second-order valence-electron chi connectivity index (χ2n) is 3.54. The number of phenolic OH excluding ortho intramolecular Hbond substituents is 1. The third kappa shape index (κ3) is 4.44. The van der Waals surface area contributed by atoms with E-state index in [9.17, 15) is 18.3 Å². The van der Waals surface area contributed by atoms with Crippen LogP contribution in [0.2, 0.25) is 0 Å². The number of hydrogen-bond acceptors (Lipinski definition) is 4. The number of aromatic hydroxyl groups is 1. The number of nitrogens with one attached hydrogen (secondary N) is 1. The molecule has 0 fully saturated rings. The summed E-state index contributed by atoms with van der Waals surface area (Å²) in [6.07, 6.45) is 0. The Labute approximate surface area is 100 Å². The van der Waals surface area contributed by atoms with Crippen molar-refractivity contribution in [3.05, 3.63) is 29.8 Å². The Hall–Kier alpha value is -1.56. The molecule has 2 N–H and O–H groups in total. The second-order valence-corrected chi connectivity index (χ2v) is 6.02. The smallest absolute Gasteiger partial charge is 0.251 e. The molecule has 0 bridgehead atoms. The van der Waals surface area contributed by atoms with Gasteiger partial charge in [0, 0.05) is 17.9 Å². The van der Waals surface area contributed by atoms with Crippen molar-refractivity contribution < 1.29 is 18.3 Å². The molecular formula is C11H15NO4S. The molecule has 94 valence electrons. The summed E-state index contributed by atoms with van der Waals surface area (Å²) >= 11 is 0. The fourth-order valence-electron chi connectivity index (χ4n) is 1.21. The number of carbonyl (C=O) groups excluding carboxylic acids is 1. The molecule has 1 aromatic carbocycles. The van der Waals surface area contributed by atoms with Crippen LogP contribution in [-0.4, -0.2) is 37.5 Å². The molecule has 0 radical (unpaired) electrons. The van der Waals surface area contributed by atoms with Crippen LogP contribution < -0.4 is 5.32 Å². The molecule has 0 spiro atoms. The van der Waals surface area contributed by atoms with Gasteiger partial charge in [0.2, 0.25) is 0 Å². The molecule has 0 aliphatic carbocycles. The molecule has 0 atom stereocenters.